The minimum atomic E-state index is 0.158. The van der Waals surface area contributed by atoms with E-state index in [0.29, 0.717) is 18.2 Å². The molecule has 17 heavy (non-hydrogen) atoms. The Hall–Kier alpha value is -1.49. The lowest BCUT2D eigenvalue weighted by Gasteiger charge is -2.11. The van der Waals surface area contributed by atoms with Crippen molar-refractivity contribution in [2.45, 2.75) is 38.0 Å². The molecule has 5 heteroatoms. The van der Waals surface area contributed by atoms with Crippen LogP contribution in [-0.2, 0) is 5.41 Å². The summed E-state index contributed by atoms with van der Waals surface area (Å²) >= 11 is 0. The van der Waals surface area contributed by atoms with Crippen LogP contribution in [-0.4, -0.2) is 26.1 Å². The van der Waals surface area contributed by atoms with Crippen LogP contribution in [0.1, 0.15) is 44.0 Å². The lowest BCUT2D eigenvalue weighted by molar-refractivity contribution is 0.687. The molecule has 0 amide bonds. The van der Waals surface area contributed by atoms with E-state index in [1.165, 1.54) is 5.56 Å². The lowest BCUT2D eigenvalue weighted by Crippen LogP contribution is -2.20. The highest BCUT2D eigenvalue weighted by Crippen LogP contribution is 2.46. The van der Waals surface area contributed by atoms with Crippen LogP contribution in [0.4, 0.5) is 0 Å². The smallest absolute Gasteiger partial charge is 0.252 e. The fourth-order valence-corrected chi connectivity index (χ4v) is 2.08. The first-order valence-corrected chi connectivity index (χ1v) is 6.07. The van der Waals surface area contributed by atoms with Crippen molar-refractivity contribution < 1.29 is 0 Å². The molecule has 1 fully saturated rings. The summed E-state index contributed by atoms with van der Waals surface area (Å²) in [6.07, 6.45) is 6.24. The summed E-state index contributed by atoms with van der Waals surface area (Å²) in [5, 5.41) is 4.45. The number of fused-ring (bicyclic) bond motifs is 1. The highest BCUT2D eigenvalue weighted by molar-refractivity contribution is 5.34. The number of nitrogens with zero attached hydrogens (tertiary/aromatic N) is 4. The molecule has 90 valence electrons. The summed E-state index contributed by atoms with van der Waals surface area (Å²) < 4.78 is 1.78. The molecular formula is C12H17N5. The molecule has 0 bridgehead atoms. The van der Waals surface area contributed by atoms with Gasteiger partial charge in [0.05, 0.1) is 0 Å². The van der Waals surface area contributed by atoms with Gasteiger partial charge in [0.15, 0.2) is 5.82 Å². The third-order valence-electron chi connectivity index (χ3n) is 3.58. The Bertz CT molecular complexity index is 553. The summed E-state index contributed by atoms with van der Waals surface area (Å²) in [5.41, 5.74) is 7.17. The standard InChI is InChI=1S/C12H17N5/c1-8(2)10-15-11-14-5-9(6-17(11)16-10)12(7-13)3-4-12/h5-6,8H,3-4,7,13H2,1-2H3. The van der Waals surface area contributed by atoms with Crippen molar-refractivity contribution in [1.82, 2.24) is 19.6 Å². The van der Waals surface area contributed by atoms with Gasteiger partial charge in [0.1, 0.15) is 0 Å². The maximum Gasteiger partial charge on any atom is 0.252 e. The van der Waals surface area contributed by atoms with E-state index in [9.17, 15) is 0 Å². The molecule has 2 heterocycles. The minimum absolute atomic E-state index is 0.158. The maximum absolute atomic E-state index is 5.83. The molecule has 0 aliphatic heterocycles. The molecule has 2 aromatic heterocycles. The van der Waals surface area contributed by atoms with Crippen LogP contribution >= 0.6 is 0 Å². The van der Waals surface area contributed by atoms with Crippen LogP contribution in [0.2, 0.25) is 0 Å². The van der Waals surface area contributed by atoms with Crippen molar-refractivity contribution in [3.05, 3.63) is 23.8 Å². The summed E-state index contributed by atoms with van der Waals surface area (Å²) in [7, 11) is 0. The third-order valence-corrected chi connectivity index (χ3v) is 3.58. The van der Waals surface area contributed by atoms with E-state index in [-0.39, 0.29) is 5.41 Å². The van der Waals surface area contributed by atoms with Crippen LogP contribution in [0.25, 0.3) is 5.78 Å². The van der Waals surface area contributed by atoms with Crippen molar-refractivity contribution in [1.29, 1.82) is 0 Å². The molecule has 3 rings (SSSR count). The molecule has 0 atom stereocenters. The predicted molar refractivity (Wildman–Crippen MR) is 64.8 cm³/mol. The fourth-order valence-electron chi connectivity index (χ4n) is 2.08. The van der Waals surface area contributed by atoms with Crippen molar-refractivity contribution in [2.75, 3.05) is 6.54 Å². The molecule has 0 aromatic carbocycles. The highest BCUT2D eigenvalue weighted by atomic mass is 15.3. The first-order valence-electron chi connectivity index (χ1n) is 6.07. The molecule has 1 aliphatic carbocycles. The van der Waals surface area contributed by atoms with Gasteiger partial charge in [-0.3, -0.25) is 0 Å². The zero-order valence-corrected chi connectivity index (χ0v) is 10.2. The van der Waals surface area contributed by atoms with E-state index in [1.54, 1.807) is 4.52 Å². The van der Waals surface area contributed by atoms with Crippen LogP contribution in [0, 0.1) is 0 Å². The van der Waals surface area contributed by atoms with Crippen molar-refractivity contribution in [3.63, 3.8) is 0 Å². The SMILES string of the molecule is CC(C)c1nc2ncc(C3(CN)CC3)cn2n1. The molecule has 5 nitrogen and oxygen atoms in total. The number of nitrogens with two attached hydrogens (primary N) is 1. The number of hydrogen-bond donors (Lipinski definition) is 1. The molecule has 0 saturated heterocycles. The first-order chi connectivity index (χ1) is 8.14. The second-order valence-corrected chi connectivity index (χ2v) is 5.20. The van der Waals surface area contributed by atoms with Gasteiger partial charge in [0.2, 0.25) is 0 Å². The van der Waals surface area contributed by atoms with Crippen LogP contribution < -0.4 is 5.73 Å². The van der Waals surface area contributed by atoms with Crippen LogP contribution in [0.5, 0.6) is 0 Å². The van der Waals surface area contributed by atoms with Crippen molar-refractivity contribution in [2.24, 2.45) is 5.73 Å². The Kier molecular flexibility index (Phi) is 2.19. The normalized spacial score (nSPS) is 17.9. The molecule has 1 saturated carbocycles. The molecular weight excluding hydrogens is 214 g/mol. The van der Waals surface area contributed by atoms with Crippen molar-refractivity contribution >= 4 is 5.78 Å². The average Bonchev–Trinajstić information content (AvgIpc) is 3.00. The monoisotopic (exact) mass is 231 g/mol. The van der Waals surface area contributed by atoms with Gasteiger partial charge in [-0.1, -0.05) is 13.8 Å². The summed E-state index contributed by atoms with van der Waals surface area (Å²) in [6.45, 7) is 4.85. The van der Waals surface area contributed by atoms with Crippen LogP contribution in [0.15, 0.2) is 12.4 Å². The molecule has 0 radical (unpaired) electrons. The van der Waals surface area contributed by atoms with E-state index in [2.05, 4.69) is 28.9 Å². The van der Waals surface area contributed by atoms with Gasteiger partial charge in [-0.05, 0) is 18.4 Å². The van der Waals surface area contributed by atoms with Gasteiger partial charge < -0.3 is 5.73 Å². The summed E-state index contributed by atoms with van der Waals surface area (Å²) in [6, 6.07) is 0. The Morgan fingerprint density at radius 2 is 2.24 bits per heavy atom. The number of hydrogen-bond acceptors (Lipinski definition) is 4. The fraction of sp³-hybridized carbons (Fsp3) is 0.583. The quantitative estimate of drug-likeness (QED) is 0.862. The highest BCUT2D eigenvalue weighted by Gasteiger charge is 2.43. The minimum Gasteiger partial charge on any atom is -0.330 e. The summed E-state index contributed by atoms with van der Waals surface area (Å²) in [5.74, 6) is 1.84. The number of aromatic nitrogens is 4. The molecule has 0 unspecified atom stereocenters. The van der Waals surface area contributed by atoms with E-state index in [1.807, 2.05) is 12.4 Å². The Morgan fingerprint density at radius 3 is 2.82 bits per heavy atom. The van der Waals surface area contributed by atoms with Gasteiger partial charge >= 0.3 is 0 Å². The largest absolute Gasteiger partial charge is 0.330 e. The zero-order valence-electron chi connectivity index (χ0n) is 10.2. The van der Waals surface area contributed by atoms with E-state index in [4.69, 9.17) is 5.73 Å². The topological polar surface area (TPSA) is 69.1 Å². The average molecular weight is 231 g/mol. The second-order valence-electron chi connectivity index (χ2n) is 5.20. The zero-order chi connectivity index (χ0) is 12.0. The van der Waals surface area contributed by atoms with Gasteiger partial charge in [-0.2, -0.15) is 4.98 Å². The van der Waals surface area contributed by atoms with E-state index >= 15 is 0 Å². The Labute approximate surface area is 100 Å². The van der Waals surface area contributed by atoms with E-state index in [0.717, 1.165) is 18.7 Å². The van der Waals surface area contributed by atoms with Gasteiger partial charge in [-0.15, -0.1) is 5.10 Å². The molecule has 0 spiro atoms. The molecule has 2 aromatic rings. The van der Waals surface area contributed by atoms with Gasteiger partial charge in [-0.25, -0.2) is 9.50 Å². The van der Waals surface area contributed by atoms with Crippen molar-refractivity contribution in [3.8, 4) is 0 Å². The van der Waals surface area contributed by atoms with E-state index < -0.39 is 0 Å². The predicted octanol–water partition coefficient (Wildman–Crippen LogP) is 1.24. The maximum atomic E-state index is 5.83. The Balaban J connectivity index is 2.07. The lowest BCUT2D eigenvalue weighted by atomic mass is 10.00. The van der Waals surface area contributed by atoms with Gasteiger partial charge in [0.25, 0.3) is 5.78 Å². The second kappa shape index (κ2) is 3.50. The number of rotatable bonds is 3. The Morgan fingerprint density at radius 1 is 1.47 bits per heavy atom. The first kappa shape index (κ1) is 10.7. The molecule has 2 N–H and O–H groups in total. The van der Waals surface area contributed by atoms with Gasteiger partial charge in [0, 0.05) is 30.3 Å². The molecule has 1 aliphatic rings. The third kappa shape index (κ3) is 1.61. The van der Waals surface area contributed by atoms with Crippen LogP contribution in [0.3, 0.4) is 0 Å². The summed E-state index contributed by atoms with van der Waals surface area (Å²) in [4.78, 5) is 8.76.